The van der Waals surface area contributed by atoms with E-state index in [2.05, 4.69) is 15.4 Å². The number of carbonyl (C=O) groups excluding carboxylic acids is 5. The number of carboxylic acids is 2. The second-order valence-corrected chi connectivity index (χ2v) is 14.2. The number of amides is 2. The fraction of sp³-hybridized carbons (Fsp3) is 0.479. The number of esters is 2. The lowest BCUT2D eigenvalue weighted by atomic mass is 9.99. The van der Waals surface area contributed by atoms with Crippen LogP contribution >= 0.6 is 11.6 Å². The molecule has 3 radical (unpaired) electrons. The number of carbonyl (C=O) groups is 7. The van der Waals surface area contributed by atoms with Crippen molar-refractivity contribution in [2.75, 3.05) is 14.1 Å². The number of aliphatic carboxylic acids is 2. The minimum atomic E-state index is -1.21. The van der Waals surface area contributed by atoms with E-state index >= 15 is 0 Å². The Morgan fingerprint density at radius 3 is 1.01 bits per heavy atom. The van der Waals surface area contributed by atoms with Crippen molar-refractivity contribution in [1.29, 1.82) is 0 Å². The highest BCUT2D eigenvalue weighted by atomic mass is 35.5. The first-order chi connectivity index (χ1) is 30.5. The highest BCUT2D eigenvalue weighted by molar-refractivity contribution is 6.61. The molecule has 70 heavy (non-hydrogen) atoms. The third kappa shape index (κ3) is 39.0. The van der Waals surface area contributed by atoms with Crippen molar-refractivity contribution in [2.45, 2.75) is 127 Å². The van der Waals surface area contributed by atoms with E-state index in [0.717, 1.165) is 16.7 Å². The van der Waals surface area contributed by atoms with Crippen LogP contribution in [0.3, 0.4) is 0 Å². The minimum Gasteiger partial charge on any atom is -0.481 e. The normalized spacial score (nSPS) is 12.7. The summed E-state index contributed by atoms with van der Waals surface area (Å²) in [4.78, 5) is 75.9. The molecule has 0 saturated heterocycles. The molecule has 0 aromatic heterocycles. The van der Waals surface area contributed by atoms with Crippen molar-refractivity contribution in [3.05, 3.63) is 108 Å². The van der Waals surface area contributed by atoms with Crippen LogP contribution in [0.4, 0.5) is 4.79 Å². The van der Waals surface area contributed by atoms with Crippen LogP contribution in [-0.4, -0.2) is 131 Å². The number of rotatable bonds is 18. The molecule has 397 valence electrons. The van der Waals surface area contributed by atoms with Crippen molar-refractivity contribution in [3.8, 4) is 0 Å². The maximum Gasteiger partial charge on any atom is 0.404 e. The third-order valence-corrected chi connectivity index (χ3v) is 8.50. The van der Waals surface area contributed by atoms with Gasteiger partial charge in [0.25, 0.3) is 0 Å². The molecule has 0 saturated carbocycles. The number of benzene rings is 3. The number of likely N-dealkylation sites (N-methyl/N-ethyl adjacent to an activating group) is 1. The second-order valence-electron chi connectivity index (χ2n) is 13.8. The molecular weight excluding hydrogens is 935 g/mol. The molecule has 0 aliphatic rings. The summed E-state index contributed by atoms with van der Waals surface area (Å²) in [6, 6.07) is 25.8. The first-order valence-corrected chi connectivity index (χ1v) is 20.2. The zero-order chi connectivity index (χ0) is 50.1. The smallest absolute Gasteiger partial charge is 0.404 e. The lowest BCUT2D eigenvalue weighted by molar-refractivity contribution is -0.155. The lowest BCUT2D eigenvalue weighted by Crippen LogP contribution is -2.45. The van der Waals surface area contributed by atoms with E-state index in [9.17, 15) is 43.8 Å². The number of hydrogen-bond acceptors (Lipinski definition) is 16. The standard InChI is InChI=1S/C14H19NO4.C13H16O5.C8H7ClO2.C5H12N2O2.C4H9NO3.4CH4.B/c1-10(16)12(14(18)15-2)8-13(17)19-9-11-6-4-3-5-7-11;1-9(14)11(13(16)17)7-12(15)18-8-10-5-3-2-4-6-10;9-8(10)11-6-7-4-2-1-3-5-7;1-3(8)4(6)5(9)7-2;1-2(6)3(5)4(7)8;;;;;/h3-7,10,12,16H,8-9H2,1-2H3,(H,15,18);2-6,9,11,14H,7-8H2,1H3,(H,16,17);1-5H,6H2;3-4,8H,6H2,1-2H3,(H,7,9);2-3,6H,5H2,1H3,(H,7,8);4*1H4;/t10-,12+;9-,11+;;3-,4+;2-,3+;;;;;/m11.11...../s1. The van der Waals surface area contributed by atoms with Gasteiger partial charge < -0.3 is 67.0 Å². The topological polar surface area (TPSA) is 345 Å². The molecule has 0 spiro atoms. The summed E-state index contributed by atoms with van der Waals surface area (Å²) in [5, 5.41) is 57.5. The highest BCUT2D eigenvalue weighted by Gasteiger charge is 2.27. The van der Waals surface area contributed by atoms with Crippen molar-refractivity contribution < 1.29 is 78.4 Å². The molecule has 8 atom stereocenters. The average Bonchev–Trinajstić information content (AvgIpc) is 3.28. The van der Waals surface area contributed by atoms with Gasteiger partial charge in [-0.3, -0.25) is 28.8 Å². The molecule has 22 heteroatoms. The number of aliphatic hydroxyl groups is 4. The molecule has 20 nitrogen and oxygen atoms in total. The Morgan fingerprint density at radius 2 is 0.800 bits per heavy atom. The Labute approximate surface area is 420 Å². The summed E-state index contributed by atoms with van der Waals surface area (Å²) in [6.07, 6.45) is -4.22. The summed E-state index contributed by atoms with van der Waals surface area (Å²) >= 11 is 4.97. The van der Waals surface area contributed by atoms with Gasteiger partial charge in [0, 0.05) is 34.1 Å². The Bertz CT molecular complexity index is 1830. The number of ether oxygens (including phenoxy) is 3. The number of nitrogens with one attached hydrogen (secondary N) is 2. The largest absolute Gasteiger partial charge is 0.481 e. The first-order valence-electron chi connectivity index (χ1n) is 19.9. The van der Waals surface area contributed by atoms with Gasteiger partial charge in [0.2, 0.25) is 11.8 Å². The zero-order valence-corrected chi connectivity index (χ0v) is 38.4. The monoisotopic (exact) mass is 1010 g/mol. The van der Waals surface area contributed by atoms with Crippen LogP contribution in [0.1, 0.15) is 86.9 Å². The van der Waals surface area contributed by atoms with Gasteiger partial charge in [-0.2, -0.15) is 0 Å². The third-order valence-electron chi connectivity index (χ3n) is 8.39. The summed E-state index contributed by atoms with van der Waals surface area (Å²) in [5.74, 6) is -6.15. The number of hydrogen-bond donors (Lipinski definition) is 10. The Morgan fingerprint density at radius 1 is 0.500 bits per heavy atom. The summed E-state index contributed by atoms with van der Waals surface area (Å²) in [5.41, 5.74) is 12.0. The molecule has 0 unspecified atom stereocenters. The van der Waals surface area contributed by atoms with Crippen LogP contribution < -0.4 is 22.1 Å². The molecule has 3 aromatic carbocycles. The van der Waals surface area contributed by atoms with Crippen LogP contribution in [0.2, 0.25) is 0 Å². The average molecular weight is 1010 g/mol. The predicted octanol–water partition coefficient (Wildman–Crippen LogP) is 4.01. The minimum absolute atomic E-state index is 0. The van der Waals surface area contributed by atoms with Crippen LogP contribution in [-0.2, 0) is 62.8 Å². The molecule has 3 rings (SSSR count). The first kappa shape index (κ1) is 78.2. The van der Waals surface area contributed by atoms with E-state index < -0.39 is 77.6 Å². The van der Waals surface area contributed by atoms with E-state index in [1.54, 1.807) is 12.1 Å². The van der Waals surface area contributed by atoms with Crippen molar-refractivity contribution in [1.82, 2.24) is 10.6 Å². The fourth-order valence-electron chi connectivity index (χ4n) is 4.39. The van der Waals surface area contributed by atoms with E-state index in [1.807, 2.05) is 78.9 Å². The molecule has 3 aromatic rings. The number of aliphatic hydroxyl groups excluding tert-OH is 4. The lowest BCUT2D eigenvalue weighted by Gasteiger charge is -2.17. The number of carboxylic acid groups (broad SMARTS) is 2. The summed E-state index contributed by atoms with van der Waals surface area (Å²) < 4.78 is 14.6. The van der Waals surface area contributed by atoms with Crippen LogP contribution in [0.5, 0.6) is 0 Å². The predicted molar refractivity (Wildman–Crippen MR) is 270 cm³/mol. The van der Waals surface area contributed by atoms with Gasteiger partial charge in [0.15, 0.2) is 0 Å². The fourth-order valence-corrected chi connectivity index (χ4v) is 4.45. The Balaban J connectivity index is -0.000000145. The van der Waals surface area contributed by atoms with E-state index in [-0.39, 0.29) is 82.6 Å². The summed E-state index contributed by atoms with van der Waals surface area (Å²) in [7, 11) is 2.94. The molecule has 0 heterocycles. The molecule has 0 fully saturated rings. The quantitative estimate of drug-likeness (QED) is 0.0372. The number of nitrogens with two attached hydrogens (primary N) is 2. The molecule has 2 amide bonds. The SMILES string of the molecule is C.C.C.C.CNC(=O)[C@@H](CC(=O)OCc1ccccc1)[C@@H](C)O.CNC(=O)[C@@H](N)[C@@H](C)O.C[C@@H](O)[C@H](CC(=O)OCc1ccccc1)C(=O)O.C[C@@H](O)[C@H](N)C(=O)O.O=C(Cl)OCc1ccccc1.[B]. The van der Waals surface area contributed by atoms with Gasteiger partial charge in [-0.15, -0.1) is 0 Å². The number of halogens is 1. The van der Waals surface area contributed by atoms with E-state index in [1.165, 1.54) is 41.8 Å². The van der Waals surface area contributed by atoms with Crippen LogP contribution in [0.25, 0.3) is 0 Å². The van der Waals surface area contributed by atoms with Gasteiger partial charge in [0.05, 0.1) is 49.1 Å². The van der Waals surface area contributed by atoms with E-state index in [0.29, 0.717) is 0 Å². The van der Waals surface area contributed by atoms with Crippen molar-refractivity contribution in [3.63, 3.8) is 0 Å². The van der Waals surface area contributed by atoms with Crippen LogP contribution in [0, 0.1) is 11.8 Å². The maximum atomic E-state index is 11.6. The van der Waals surface area contributed by atoms with Gasteiger partial charge in [-0.05, 0) is 44.4 Å². The zero-order valence-electron chi connectivity index (χ0n) is 37.7. The van der Waals surface area contributed by atoms with E-state index in [4.69, 9.17) is 53.0 Å². The molecule has 12 N–H and O–H groups in total. The highest BCUT2D eigenvalue weighted by Crippen LogP contribution is 2.13. The van der Waals surface area contributed by atoms with Gasteiger partial charge in [0.1, 0.15) is 31.9 Å². The Hall–Kier alpha value is -5.94. The van der Waals surface area contributed by atoms with Crippen molar-refractivity contribution in [2.24, 2.45) is 23.3 Å². The van der Waals surface area contributed by atoms with Crippen LogP contribution in [0.15, 0.2) is 91.0 Å². The summed E-state index contributed by atoms with van der Waals surface area (Å²) in [6.45, 7) is 6.13. The molecule has 0 aliphatic carbocycles. The van der Waals surface area contributed by atoms with Gasteiger partial charge in [-0.1, -0.05) is 121 Å². The molecule has 0 aliphatic heterocycles. The van der Waals surface area contributed by atoms with Gasteiger partial charge in [-0.25, -0.2) is 4.79 Å². The molecule has 0 bridgehead atoms. The second kappa shape index (κ2) is 45.5. The Kier molecular flexibility index (Phi) is 50.9. The van der Waals surface area contributed by atoms with Gasteiger partial charge >= 0.3 is 29.3 Å². The maximum absolute atomic E-state index is 11.6. The van der Waals surface area contributed by atoms with Crippen molar-refractivity contribution >= 4 is 61.1 Å². The molecular formula is C48H79BClN4O16.